The maximum Gasteiger partial charge on any atom is 0.307 e. The molecule has 0 radical (unpaired) electrons. The maximum absolute atomic E-state index is 13.4. The van der Waals surface area contributed by atoms with E-state index in [0.29, 0.717) is 52.6 Å². The third-order valence-corrected chi connectivity index (χ3v) is 25.0. The average Bonchev–Trinajstić information content (AvgIpc) is 0.842. The summed E-state index contributed by atoms with van der Waals surface area (Å²) in [5, 5.41) is 5.14. The molecular formula is C96H180N4O12S2. The number of nitrogens with zero attached hydrogens (tertiary/aromatic N) is 2. The van der Waals surface area contributed by atoms with Crippen LogP contribution in [-0.4, -0.2) is 145 Å². The van der Waals surface area contributed by atoms with Crippen LogP contribution < -0.4 is 10.6 Å². The van der Waals surface area contributed by atoms with Crippen LogP contribution in [-0.2, 0) is 57.3 Å². The van der Waals surface area contributed by atoms with Crippen LogP contribution in [0.3, 0.4) is 0 Å². The van der Waals surface area contributed by atoms with Gasteiger partial charge in [0.05, 0.1) is 52.1 Å². The molecule has 1 aliphatic rings. The molecule has 0 saturated carbocycles. The van der Waals surface area contributed by atoms with E-state index in [4.69, 9.17) is 18.9 Å². The predicted octanol–water partition coefficient (Wildman–Crippen LogP) is 25.7. The number of hydrogen-bond acceptors (Lipinski definition) is 16. The van der Waals surface area contributed by atoms with Crippen molar-refractivity contribution < 1.29 is 57.3 Å². The SMILES string of the molecule is CCCCCCCCCCCCCCCCCCOC(=O)CCN(CCC(=O)OCCCCCCCCCCCCCCCCCC)CCC(=O)SCC1NC(=O)C(CSC(=O)CCN(CCC(=O)OCCCCCCCCCCCCCCCCCC)CCC(=O)OCCCCCCCCCCCCCCCCCC)NC1=O. The third-order valence-electron chi connectivity index (χ3n) is 22.9. The molecule has 1 heterocycles. The van der Waals surface area contributed by atoms with Gasteiger partial charge in [0.15, 0.2) is 10.2 Å². The second-order valence-electron chi connectivity index (χ2n) is 33.8. The molecule has 2 amide bonds. The van der Waals surface area contributed by atoms with Crippen molar-refractivity contribution in [3.63, 3.8) is 0 Å². The van der Waals surface area contributed by atoms with Crippen LogP contribution in [0.1, 0.15) is 477 Å². The number of piperazine rings is 1. The molecule has 16 nitrogen and oxygen atoms in total. The molecule has 1 aliphatic heterocycles. The van der Waals surface area contributed by atoms with E-state index in [0.717, 1.165) is 101 Å². The highest BCUT2D eigenvalue weighted by atomic mass is 32.2. The van der Waals surface area contributed by atoms with Gasteiger partial charge < -0.3 is 39.4 Å². The van der Waals surface area contributed by atoms with Gasteiger partial charge in [-0.15, -0.1) is 0 Å². The summed E-state index contributed by atoms with van der Waals surface area (Å²) in [5.74, 6) is -2.07. The predicted molar refractivity (Wildman–Crippen MR) is 481 cm³/mol. The standard InChI is InChI=1S/C96H180N4O12S2/c1-5-9-13-17-21-25-29-33-37-41-45-49-53-57-61-65-81-109-89(101)69-75-99(76-70-90(102)110-82-66-62-58-54-50-46-42-38-34-30-26-22-18-14-10-6-2)79-73-93(105)113-85-87-95(107)98-88(96(108)97-87)86-114-94(106)74-80-100(77-71-91(103)111-83-67-63-59-55-51-47-43-39-35-31-27-23-19-15-11-7-3)78-72-92(104)112-84-68-64-60-56-52-48-44-40-36-32-28-24-20-16-12-8-4/h87-88H,5-86H2,1-4H3,(H,97,108)(H,98,107). The third kappa shape index (κ3) is 76.2. The summed E-state index contributed by atoms with van der Waals surface area (Å²) in [4.78, 5) is 110. The van der Waals surface area contributed by atoms with Crippen LogP contribution in [0, 0.1) is 0 Å². The molecule has 1 saturated heterocycles. The lowest BCUT2D eigenvalue weighted by atomic mass is 10.0. The molecule has 0 aromatic heterocycles. The zero-order valence-corrected chi connectivity index (χ0v) is 76.4. The average molecular weight is 1650 g/mol. The minimum absolute atomic E-state index is 0.0164. The molecule has 0 spiro atoms. The number of ether oxygens (including phenoxy) is 4. The van der Waals surface area contributed by atoms with Crippen molar-refractivity contribution in [3.8, 4) is 0 Å². The van der Waals surface area contributed by atoms with Crippen LogP contribution in [0.2, 0.25) is 0 Å². The van der Waals surface area contributed by atoms with Crippen molar-refractivity contribution in [2.45, 2.75) is 489 Å². The molecule has 668 valence electrons. The first kappa shape index (κ1) is 109. The fourth-order valence-electron chi connectivity index (χ4n) is 15.2. The quantitative estimate of drug-likeness (QED) is 0.0330. The molecular weight excluding hydrogens is 1470 g/mol. The van der Waals surface area contributed by atoms with Gasteiger partial charge in [-0.3, -0.25) is 38.4 Å². The summed E-state index contributed by atoms with van der Waals surface area (Å²) < 4.78 is 22.6. The zero-order chi connectivity index (χ0) is 82.6. The lowest BCUT2D eigenvalue weighted by molar-refractivity contribution is -0.146. The first-order valence-electron chi connectivity index (χ1n) is 48.9. The Hall–Kier alpha value is -3.22. The number of hydrogen-bond donors (Lipinski definition) is 2. The zero-order valence-electron chi connectivity index (χ0n) is 74.7. The number of carbonyl (C=O) groups excluding carboxylic acids is 8. The van der Waals surface area contributed by atoms with Gasteiger partial charge in [0.25, 0.3) is 0 Å². The van der Waals surface area contributed by atoms with E-state index in [9.17, 15) is 38.4 Å². The van der Waals surface area contributed by atoms with Crippen LogP contribution in [0.4, 0.5) is 0 Å². The first-order chi connectivity index (χ1) is 55.9. The number of carbonyl (C=O) groups is 8. The largest absolute Gasteiger partial charge is 0.466 e. The second-order valence-corrected chi connectivity index (χ2v) is 35.9. The van der Waals surface area contributed by atoms with Crippen LogP contribution in [0.25, 0.3) is 0 Å². The molecule has 2 atom stereocenters. The molecule has 1 fully saturated rings. The molecule has 0 aromatic rings. The van der Waals surface area contributed by atoms with Crippen LogP contribution in [0.5, 0.6) is 0 Å². The molecule has 2 N–H and O–H groups in total. The maximum atomic E-state index is 13.4. The number of thioether (sulfide) groups is 2. The van der Waals surface area contributed by atoms with E-state index in [-0.39, 0.29) is 97.2 Å². The molecule has 18 heteroatoms. The molecule has 1 rings (SSSR count). The van der Waals surface area contributed by atoms with Gasteiger partial charge in [0, 0.05) is 63.6 Å². The Bertz CT molecular complexity index is 1970. The molecule has 0 aliphatic carbocycles. The van der Waals surface area contributed by atoms with E-state index >= 15 is 0 Å². The number of amides is 2. The van der Waals surface area contributed by atoms with Crippen molar-refractivity contribution in [3.05, 3.63) is 0 Å². The summed E-state index contributed by atoms with van der Waals surface area (Å²) in [5.41, 5.74) is 0. The Kier molecular flexibility index (Phi) is 82.2. The monoisotopic (exact) mass is 1650 g/mol. The Morgan fingerprint density at radius 2 is 0.386 bits per heavy atom. The van der Waals surface area contributed by atoms with E-state index in [1.807, 2.05) is 9.80 Å². The highest BCUT2D eigenvalue weighted by molar-refractivity contribution is 8.13. The highest BCUT2D eigenvalue weighted by Gasteiger charge is 2.34. The van der Waals surface area contributed by atoms with E-state index in [1.165, 1.54) is 334 Å². The first-order valence-corrected chi connectivity index (χ1v) is 50.9. The smallest absolute Gasteiger partial charge is 0.307 e. The second kappa shape index (κ2) is 86.2. The van der Waals surface area contributed by atoms with Crippen molar-refractivity contribution in [2.24, 2.45) is 0 Å². The summed E-state index contributed by atoms with van der Waals surface area (Å²) in [7, 11) is 0. The number of unbranched alkanes of at least 4 members (excludes halogenated alkanes) is 60. The summed E-state index contributed by atoms with van der Waals surface area (Å²) in [6.45, 7) is 12.4. The van der Waals surface area contributed by atoms with Gasteiger partial charge in [-0.05, 0) is 25.7 Å². The normalized spacial score (nSPS) is 13.6. The minimum atomic E-state index is -0.956. The topological polar surface area (TPSA) is 204 Å². The van der Waals surface area contributed by atoms with Crippen LogP contribution >= 0.6 is 23.5 Å². The van der Waals surface area contributed by atoms with Crippen LogP contribution in [0.15, 0.2) is 0 Å². The number of nitrogens with one attached hydrogen (secondary N) is 2. The fraction of sp³-hybridized carbons (Fsp3) is 0.917. The number of rotatable bonds is 90. The highest BCUT2D eigenvalue weighted by Crippen LogP contribution is 2.22. The van der Waals surface area contributed by atoms with Crippen molar-refractivity contribution in [1.82, 2.24) is 20.4 Å². The van der Waals surface area contributed by atoms with Crippen molar-refractivity contribution in [2.75, 3.05) is 77.2 Å². The molecule has 114 heavy (non-hydrogen) atoms. The van der Waals surface area contributed by atoms with Gasteiger partial charge in [0.2, 0.25) is 11.8 Å². The van der Waals surface area contributed by atoms with E-state index in [1.54, 1.807) is 0 Å². The molecule has 0 bridgehead atoms. The van der Waals surface area contributed by atoms with Gasteiger partial charge in [-0.2, -0.15) is 0 Å². The van der Waals surface area contributed by atoms with Gasteiger partial charge in [-0.1, -0.05) is 436 Å². The summed E-state index contributed by atoms with van der Waals surface area (Å²) in [6, 6.07) is -1.91. The van der Waals surface area contributed by atoms with Crippen molar-refractivity contribution >= 4 is 69.4 Å². The lowest BCUT2D eigenvalue weighted by Gasteiger charge is -2.29. The summed E-state index contributed by atoms with van der Waals surface area (Å²) >= 11 is 1.91. The van der Waals surface area contributed by atoms with Gasteiger partial charge in [0.1, 0.15) is 12.1 Å². The van der Waals surface area contributed by atoms with Gasteiger partial charge >= 0.3 is 23.9 Å². The van der Waals surface area contributed by atoms with Gasteiger partial charge in [-0.25, -0.2) is 0 Å². The Morgan fingerprint density at radius 3 is 0.553 bits per heavy atom. The Balaban J connectivity index is 2.67. The number of esters is 4. The molecule has 0 aromatic carbocycles. The Labute approximate surface area is 709 Å². The van der Waals surface area contributed by atoms with E-state index < -0.39 is 23.9 Å². The van der Waals surface area contributed by atoms with E-state index in [2.05, 4.69) is 38.3 Å². The van der Waals surface area contributed by atoms with Crippen molar-refractivity contribution in [1.29, 1.82) is 0 Å². The molecule has 2 unspecified atom stereocenters. The lowest BCUT2D eigenvalue weighted by Crippen LogP contribution is -2.63. The summed E-state index contributed by atoms with van der Waals surface area (Å²) in [6.07, 6.45) is 82.1. The fourth-order valence-corrected chi connectivity index (χ4v) is 16.9. The minimum Gasteiger partial charge on any atom is -0.466 e. The Morgan fingerprint density at radius 1 is 0.237 bits per heavy atom.